The summed E-state index contributed by atoms with van der Waals surface area (Å²) in [5, 5.41) is 5.68. The van der Waals surface area contributed by atoms with Gasteiger partial charge in [0, 0.05) is 30.3 Å². The second-order valence-electron chi connectivity index (χ2n) is 10.9. The third-order valence-electron chi connectivity index (χ3n) is 5.50. The van der Waals surface area contributed by atoms with Crippen LogP contribution in [0.1, 0.15) is 80.8 Å². The van der Waals surface area contributed by atoms with Crippen LogP contribution in [-0.4, -0.2) is 44.6 Å². The highest BCUT2D eigenvalue weighted by Crippen LogP contribution is 2.26. The number of imidazole rings is 1. The number of aromatic nitrogens is 3. The van der Waals surface area contributed by atoms with Crippen molar-refractivity contribution < 1.29 is 19.1 Å². The van der Waals surface area contributed by atoms with E-state index in [0.29, 0.717) is 54.2 Å². The molecule has 0 saturated heterocycles. The first-order valence-corrected chi connectivity index (χ1v) is 12.3. The molecule has 3 amide bonds. The molecule has 1 aromatic carbocycles. The number of fused-ring (bicyclic) bond motifs is 1. The second kappa shape index (κ2) is 11.0. The number of carbonyl (C=O) groups excluding carboxylic acids is 3. The Morgan fingerprint density at radius 1 is 1.05 bits per heavy atom. The lowest BCUT2D eigenvalue weighted by molar-refractivity contribution is 0.0526. The summed E-state index contributed by atoms with van der Waals surface area (Å²) in [6.45, 7) is 12.4. The Morgan fingerprint density at radius 3 is 2.43 bits per heavy atom. The van der Waals surface area contributed by atoms with Crippen molar-refractivity contribution in [2.75, 3.05) is 11.9 Å². The number of hydrogen-bond acceptors (Lipinski definition) is 6. The van der Waals surface area contributed by atoms with Crippen LogP contribution in [0.15, 0.2) is 36.5 Å². The van der Waals surface area contributed by atoms with Crippen molar-refractivity contribution in [2.24, 2.45) is 5.73 Å². The molecule has 10 heteroatoms. The Hall–Kier alpha value is -3.95. The van der Waals surface area contributed by atoms with Crippen molar-refractivity contribution >= 4 is 34.9 Å². The lowest BCUT2D eigenvalue weighted by atomic mass is 9.88. The standard InChI is InChI=1S/C27H36N6O4/c1-26(2,3)21-18(10-9-14-29-21)23(35)32-24-31-19-16-17(22(28)34)11-12-20(19)33(24)15-8-7-13-30-25(36)37-27(4,5)6/h9-12,14,16H,7-8,13,15H2,1-6H3,(H2,28,34)(H,30,36)(H,31,32,35). The fourth-order valence-corrected chi connectivity index (χ4v) is 3.86. The molecule has 0 atom stereocenters. The molecule has 0 saturated carbocycles. The summed E-state index contributed by atoms with van der Waals surface area (Å²) >= 11 is 0. The van der Waals surface area contributed by atoms with E-state index in [1.165, 1.54) is 0 Å². The van der Waals surface area contributed by atoms with Crippen LogP contribution in [0.2, 0.25) is 0 Å². The van der Waals surface area contributed by atoms with Gasteiger partial charge in [-0.2, -0.15) is 0 Å². The Balaban J connectivity index is 1.81. The number of carbonyl (C=O) groups is 3. The maximum absolute atomic E-state index is 13.3. The molecule has 0 radical (unpaired) electrons. The number of nitrogens with two attached hydrogens (primary N) is 1. The molecule has 3 aromatic rings. The van der Waals surface area contributed by atoms with Gasteiger partial charge in [-0.1, -0.05) is 20.8 Å². The zero-order valence-electron chi connectivity index (χ0n) is 22.3. The summed E-state index contributed by atoms with van der Waals surface area (Å²) in [7, 11) is 0. The number of benzene rings is 1. The predicted molar refractivity (Wildman–Crippen MR) is 143 cm³/mol. The number of unbranched alkanes of at least 4 members (excludes halogenated alkanes) is 1. The Kier molecular flexibility index (Phi) is 8.20. The number of nitrogens with zero attached hydrogens (tertiary/aromatic N) is 3. The maximum atomic E-state index is 13.3. The van der Waals surface area contributed by atoms with Crippen molar-refractivity contribution in [3.05, 3.63) is 53.3 Å². The lowest BCUT2D eigenvalue weighted by Crippen LogP contribution is -2.33. The van der Waals surface area contributed by atoms with Crippen LogP contribution >= 0.6 is 0 Å². The summed E-state index contributed by atoms with van der Waals surface area (Å²) in [6, 6.07) is 8.48. The number of nitrogens with one attached hydrogen (secondary N) is 2. The summed E-state index contributed by atoms with van der Waals surface area (Å²) < 4.78 is 7.15. The van der Waals surface area contributed by atoms with E-state index >= 15 is 0 Å². The van der Waals surface area contributed by atoms with E-state index in [-0.39, 0.29) is 11.3 Å². The minimum Gasteiger partial charge on any atom is -0.444 e. The zero-order chi connectivity index (χ0) is 27.4. The molecule has 0 unspecified atom stereocenters. The number of alkyl carbamates (subject to hydrolysis) is 1. The van der Waals surface area contributed by atoms with Gasteiger partial charge in [0.1, 0.15) is 5.60 Å². The molecule has 0 fully saturated rings. The Bertz CT molecular complexity index is 1300. The van der Waals surface area contributed by atoms with E-state index < -0.39 is 17.6 Å². The van der Waals surface area contributed by atoms with Crippen molar-refractivity contribution in [1.82, 2.24) is 19.9 Å². The quantitative estimate of drug-likeness (QED) is 0.386. The van der Waals surface area contributed by atoms with Crippen LogP contribution in [0.3, 0.4) is 0 Å². The molecule has 0 aliphatic rings. The molecule has 3 rings (SSSR count). The van der Waals surface area contributed by atoms with Gasteiger partial charge < -0.3 is 20.4 Å². The van der Waals surface area contributed by atoms with E-state index in [2.05, 4.69) is 20.6 Å². The van der Waals surface area contributed by atoms with Crippen LogP contribution in [0.25, 0.3) is 11.0 Å². The van der Waals surface area contributed by atoms with E-state index in [0.717, 1.165) is 5.52 Å². The summed E-state index contributed by atoms with van der Waals surface area (Å²) in [6.07, 6.45) is 2.59. The van der Waals surface area contributed by atoms with Crippen molar-refractivity contribution in [3.63, 3.8) is 0 Å². The molecule has 0 aliphatic carbocycles. The van der Waals surface area contributed by atoms with E-state index in [1.54, 1.807) is 36.5 Å². The molecule has 0 aliphatic heterocycles. The lowest BCUT2D eigenvalue weighted by Gasteiger charge is -2.21. The largest absolute Gasteiger partial charge is 0.444 e. The molecule has 4 N–H and O–H groups in total. The predicted octanol–water partition coefficient (Wildman–Crippen LogP) is 4.38. The van der Waals surface area contributed by atoms with Crippen molar-refractivity contribution in [3.8, 4) is 0 Å². The molecule has 2 heterocycles. The van der Waals surface area contributed by atoms with Gasteiger partial charge in [0.15, 0.2) is 0 Å². The van der Waals surface area contributed by atoms with Gasteiger partial charge in [-0.3, -0.25) is 19.9 Å². The Morgan fingerprint density at radius 2 is 1.78 bits per heavy atom. The monoisotopic (exact) mass is 508 g/mol. The van der Waals surface area contributed by atoms with Crippen molar-refractivity contribution in [1.29, 1.82) is 0 Å². The van der Waals surface area contributed by atoms with Crippen LogP contribution in [0.5, 0.6) is 0 Å². The van der Waals surface area contributed by atoms with Gasteiger partial charge in [-0.15, -0.1) is 0 Å². The number of pyridine rings is 1. The van der Waals surface area contributed by atoms with Gasteiger partial charge >= 0.3 is 6.09 Å². The highest BCUT2D eigenvalue weighted by Gasteiger charge is 2.24. The van der Waals surface area contributed by atoms with Gasteiger partial charge in [-0.25, -0.2) is 9.78 Å². The SMILES string of the molecule is CC(C)(C)OC(=O)NCCCCn1c(NC(=O)c2cccnc2C(C)(C)C)nc2cc(C(N)=O)ccc21. The first-order chi connectivity index (χ1) is 17.3. The molecule has 198 valence electrons. The summed E-state index contributed by atoms with van der Waals surface area (Å²) in [5.41, 5.74) is 7.33. The molecule has 2 aromatic heterocycles. The maximum Gasteiger partial charge on any atom is 0.407 e. The molecular formula is C27H36N6O4. The third kappa shape index (κ3) is 7.28. The summed E-state index contributed by atoms with van der Waals surface area (Å²) in [4.78, 5) is 45.9. The highest BCUT2D eigenvalue weighted by molar-refractivity contribution is 6.05. The fraction of sp³-hybridized carbons (Fsp3) is 0.444. The number of ether oxygens (including phenoxy) is 1. The van der Waals surface area contributed by atoms with Crippen LogP contribution in [0.4, 0.5) is 10.7 Å². The molecular weight excluding hydrogens is 472 g/mol. The smallest absolute Gasteiger partial charge is 0.407 e. The van der Waals surface area contributed by atoms with Gasteiger partial charge in [-0.05, 0) is 63.9 Å². The third-order valence-corrected chi connectivity index (χ3v) is 5.50. The van der Waals surface area contributed by atoms with E-state index in [9.17, 15) is 14.4 Å². The number of aryl methyl sites for hydroxylation is 1. The summed E-state index contributed by atoms with van der Waals surface area (Å²) in [5.74, 6) is -0.526. The van der Waals surface area contributed by atoms with Gasteiger partial charge in [0.2, 0.25) is 11.9 Å². The van der Waals surface area contributed by atoms with Crippen LogP contribution in [-0.2, 0) is 16.7 Å². The normalized spacial score (nSPS) is 11.8. The number of hydrogen-bond donors (Lipinski definition) is 3. The minimum atomic E-state index is -0.558. The van der Waals surface area contributed by atoms with Gasteiger partial charge in [0.25, 0.3) is 5.91 Å². The van der Waals surface area contributed by atoms with Crippen LogP contribution < -0.4 is 16.4 Å². The first kappa shape index (κ1) is 27.6. The minimum absolute atomic E-state index is 0.323. The van der Waals surface area contributed by atoms with Crippen molar-refractivity contribution in [2.45, 2.75) is 71.9 Å². The number of rotatable bonds is 8. The van der Waals surface area contributed by atoms with E-state index in [4.69, 9.17) is 10.5 Å². The second-order valence-corrected chi connectivity index (χ2v) is 10.9. The number of amides is 3. The fourth-order valence-electron chi connectivity index (χ4n) is 3.86. The number of primary amides is 1. The first-order valence-electron chi connectivity index (χ1n) is 12.3. The van der Waals surface area contributed by atoms with E-state index in [1.807, 2.05) is 46.1 Å². The average Bonchev–Trinajstić information content (AvgIpc) is 3.13. The van der Waals surface area contributed by atoms with Crippen LogP contribution in [0, 0.1) is 0 Å². The highest BCUT2D eigenvalue weighted by atomic mass is 16.6. The Labute approximate surface area is 217 Å². The van der Waals surface area contributed by atoms with Gasteiger partial charge in [0.05, 0.1) is 22.3 Å². The number of anilines is 1. The topological polar surface area (TPSA) is 141 Å². The zero-order valence-corrected chi connectivity index (χ0v) is 22.3. The molecule has 0 bridgehead atoms. The average molecular weight is 509 g/mol. The molecule has 10 nitrogen and oxygen atoms in total. The molecule has 0 spiro atoms. The molecule has 37 heavy (non-hydrogen) atoms.